The quantitative estimate of drug-likeness (QED) is 0.893. The first-order valence-electron chi connectivity index (χ1n) is 8.77. The van der Waals surface area contributed by atoms with Gasteiger partial charge in [-0.3, -0.25) is 0 Å². The van der Waals surface area contributed by atoms with Crippen molar-refractivity contribution < 1.29 is 9.21 Å². The number of nitrogens with one attached hydrogen (secondary N) is 1. The van der Waals surface area contributed by atoms with Crippen LogP contribution in [0.3, 0.4) is 0 Å². The van der Waals surface area contributed by atoms with Gasteiger partial charge in [-0.1, -0.05) is 50.1 Å². The Hall–Kier alpha value is -2.23. The first-order valence-corrected chi connectivity index (χ1v) is 8.77. The van der Waals surface area contributed by atoms with Crippen LogP contribution in [0.1, 0.15) is 50.0 Å². The molecule has 1 aliphatic rings. The lowest BCUT2D eigenvalue weighted by Crippen LogP contribution is -2.46. The number of benzene rings is 1. The molecule has 4 nitrogen and oxygen atoms in total. The molecule has 1 aliphatic carbocycles. The van der Waals surface area contributed by atoms with Crippen LogP contribution in [0.4, 0.5) is 4.79 Å². The van der Waals surface area contributed by atoms with E-state index in [1.807, 2.05) is 54.4 Å². The summed E-state index contributed by atoms with van der Waals surface area (Å²) in [6, 6.07) is 13.7. The van der Waals surface area contributed by atoms with Crippen molar-refractivity contribution in [3.8, 4) is 0 Å². The minimum atomic E-state index is -0.267. The summed E-state index contributed by atoms with van der Waals surface area (Å²) in [5.41, 5.74) is 1.02. The van der Waals surface area contributed by atoms with Crippen molar-refractivity contribution in [2.24, 2.45) is 5.92 Å². The zero-order valence-electron chi connectivity index (χ0n) is 14.4. The van der Waals surface area contributed by atoms with Crippen LogP contribution < -0.4 is 5.32 Å². The highest BCUT2D eigenvalue weighted by molar-refractivity contribution is 5.75. The molecule has 3 atom stereocenters. The maximum atomic E-state index is 12.8. The molecule has 1 saturated carbocycles. The lowest BCUT2D eigenvalue weighted by Gasteiger charge is -2.35. The van der Waals surface area contributed by atoms with E-state index in [-0.39, 0.29) is 12.1 Å². The fourth-order valence-electron chi connectivity index (χ4n) is 3.56. The van der Waals surface area contributed by atoms with E-state index in [1.165, 1.54) is 12.8 Å². The van der Waals surface area contributed by atoms with Crippen molar-refractivity contribution in [1.29, 1.82) is 0 Å². The van der Waals surface area contributed by atoms with Gasteiger partial charge in [0.15, 0.2) is 0 Å². The molecule has 0 spiro atoms. The maximum absolute atomic E-state index is 12.8. The fraction of sp³-hybridized carbons (Fsp3) is 0.450. The van der Waals surface area contributed by atoms with Gasteiger partial charge in [0.1, 0.15) is 11.8 Å². The molecule has 1 N–H and O–H groups in total. The molecule has 0 radical (unpaired) electrons. The Bertz CT molecular complexity index is 639. The molecule has 3 rings (SSSR count). The summed E-state index contributed by atoms with van der Waals surface area (Å²) in [5, 5.41) is 3.14. The van der Waals surface area contributed by atoms with Gasteiger partial charge in [-0.2, -0.15) is 0 Å². The van der Waals surface area contributed by atoms with E-state index in [1.54, 1.807) is 6.26 Å². The van der Waals surface area contributed by atoms with Gasteiger partial charge in [0.05, 0.1) is 6.26 Å². The summed E-state index contributed by atoms with van der Waals surface area (Å²) in [7, 11) is 1.90. The first-order chi connectivity index (χ1) is 11.6. The highest BCUT2D eigenvalue weighted by Gasteiger charge is 2.28. The van der Waals surface area contributed by atoms with E-state index in [4.69, 9.17) is 4.42 Å². The zero-order chi connectivity index (χ0) is 16.9. The average Bonchev–Trinajstić information content (AvgIpc) is 3.14. The van der Waals surface area contributed by atoms with Crippen LogP contribution in [0.5, 0.6) is 0 Å². The Morgan fingerprint density at radius 2 is 2.00 bits per heavy atom. The SMILES string of the molecule is CC1CCCC(N(C)C(=O)NC(c2ccccc2)c2ccco2)C1. The molecule has 2 aromatic rings. The van der Waals surface area contributed by atoms with Crippen LogP contribution in [0, 0.1) is 5.92 Å². The first kappa shape index (κ1) is 16.6. The normalized spacial score (nSPS) is 21.9. The van der Waals surface area contributed by atoms with E-state index in [2.05, 4.69) is 12.2 Å². The van der Waals surface area contributed by atoms with Crippen molar-refractivity contribution in [2.45, 2.75) is 44.7 Å². The van der Waals surface area contributed by atoms with E-state index in [0.29, 0.717) is 12.0 Å². The Balaban J connectivity index is 1.74. The molecular weight excluding hydrogens is 300 g/mol. The van der Waals surface area contributed by atoms with Gasteiger partial charge in [0, 0.05) is 13.1 Å². The topological polar surface area (TPSA) is 45.5 Å². The fourth-order valence-corrected chi connectivity index (χ4v) is 3.56. The number of urea groups is 1. The van der Waals surface area contributed by atoms with Crippen molar-refractivity contribution in [3.05, 3.63) is 60.1 Å². The smallest absolute Gasteiger partial charge is 0.318 e. The zero-order valence-corrected chi connectivity index (χ0v) is 14.4. The molecule has 0 saturated heterocycles. The summed E-state index contributed by atoms with van der Waals surface area (Å²) >= 11 is 0. The summed E-state index contributed by atoms with van der Waals surface area (Å²) < 4.78 is 5.56. The van der Waals surface area contributed by atoms with Gasteiger partial charge in [-0.25, -0.2) is 4.79 Å². The molecule has 1 aromatic heterocycles. The van der Waals surface area contributed by atoms with Crippen LogP contribution in [-0.2, 0) is 0 Å². The van der Waals surface area contributed by atoms with Crippen molar-refractivity contribution in [3.63, 3.8) is 0 Å². The lowest BCUT2D eigenvalue weighted by molar-refractivity contribution is 0.158. The Kier molecular flexibility index (Phi) is 5.24. The summed E-state index contributed by atoms with van der Waals surface area (Å²) in [5.74, 6) is 1.44. The van der Waals surface area contributed by atoms with Crippen molar-refractivity contribution in [2.75, 3.05) is 7.05 Å². The van der Waals surface area contributed by atoms with Gasteiger partial charge in [0.2, 0.25) is 0 Å². The number of carbonyl (C=O) groups excluding carboxylic acids is 1. The van der Waals surface area contributed by atoms with Crippen LogP contribution >= 0.6 is 0 Å². The highest BCUT2D eigenvalue weighted by atomic mass is 16.3. The number of rotatable bonds is 4. The molecule has 0 aliphatic heterocycles. The largest absolute Gasteiger partial charge is 0.467 e. The molecule has 128 valence electrons. The van der Waals surface area contributed by atoms with Crippen LogP contribution in [0.25, 0.3) is 0 Å². The van der Waals surface area contributed by atoms with Gasteiger partial charge in [-0.05, 0) is 36.5 Å². The highest BCUT2D eigenvalue weighted by Crippen LogP contribution is 2.28. The Labute approximate surface area is 143 Å². The predicted octanol–water partition coefficient (Wildman–Crippen LogP) is 4.59. The molecule has 2 amide bonds. The van der Waals surface area contributed by atoms with E-state index < -0.39 is 0 Å². The second kappa shape index (κ2) is 7.56. The number of hydrogen-bond donors (Lipinski definition) is 1. The minimum absolute atomic E-state index is 0.0423. The van der Waals surface area contributed by atoms with E-state index in [0.717, 1.165) is 24.2 Å². The predicted molar refractivity (Wildman–Crippen MR) is 94.7 cm³/mol. The summed E-state index contributed by atoms with van der Waals surface area (Å²) in [6.07, 6.45) is 6.28. The van der Waals surface area contributed by atoms with Gasteiger partial charge in [-0.15, -0.1) is 0 Å². The second-order valence-corrected chi connectivity index (χ2v) is 6.85. The number of nitrogens with zero attached hydrogens (tertiary/aromatic N) is 1. The third-order valence-corrected chi connectivity index (χ3v) is 5.01. The lowest BCUT2D eigenvalue weighted by atomic mass is 9.86. The monoisotopic (exact) mass is 326 g/mol. The van der Waals surface area contributed by atoms with Crippen LogP contribution in [0.15, 0.2) is 53.1 Å². The Morgan fingerprint density at radius 1 is 1.21 bits per heavy atom. The number of furan rings is 1. The Morgan fingerprint density at radius 3 is 2.67 bits per heavy atom. The number of hydrogen-bond acceptors (Lipinski definition) is 2. The van der Waals surface area contributed by atoms with Crippen molar-refractivity contribution >= 4 is 6.03 Å². The second-order valence-electron chi connectivity index (χ2n) is 6.85. The van der Waals surface area contributed by atoms with Crippen molar-refractivity contribution in [1.82, 2.24) is 10.2 Å². The third kappa shape index (κ3) is 3.81. The molecule has 1 fully saturated rings. The number of carbonyl (C=O) groups is 1. The van der Waals surface area contributed by atoms with E-state index >= 15 is 0 Å². The maximum Gasteiger partial charge on any atom is 0.318 e. The minimum Gasteiger partial charge on any atom is -0.467 e. The van der Waals surface area contributed by atoms with Gasteiger partial charge in [0.25, 0.3) is 0 Å². The van der Waals surface area contributed by atoms with Gasteiger partial charge >= 0.3 is 6.03 Å². The third-order valence-electron chi connectivity index (χ3n) is 5.01. The number of amides is 2. The van der Waals surface area contributed by atoms with E-state index in [9.17, 15) is 4.79 Å². The molecular formula is C20H26N2O2. The summed E-state index contributed by atoms with van der Waals surface area (Å²) in [4.78, 5) is 14.7. The van der Waals surface area contributed by atoms with Gasteiger partial charge < -0.3 is 14.6 Å². The standard InChI is InChI=1S/C20H26N2O2/c1-15-8-6-11-17(14-15)22(2)20(23)21-19(18-12-7-13-24-18)16-9-4-3-5-10-16/h3-5,7,9-10,12-13,15,17,19H,6,8,11,14H2,1-2H3,(H,21,23). The molecule has 1 aromatic carbocycles. The molecule has 4 heteroatoms. The average molecular weight is 326 g/mol. The molecule has 3 unspecified atom stereocenters. The molecule has 1 heterocycles. The molecule has 24 heavy (non-hydrogen) atoms. The van der Waals surface area contributed by atoms with Crippen LogP contribution in [-0.4, -0.2) is 24.0 Å². The van der Waals surface area contributed by atoms with Crippen LogP contribution in [0.2, 0.25) is 0 Å². The summed E-state index contributed by atoms with van der Waals surface area (Å²) in [6.45, 7) is 2.27. The molecule has 0 bridgehead atoms.